The van der Waals surface area contributed by atoms with E-state index in [4.69, 9.17) is 0 Å². The average molecular weight is 266 g/mol. The second-order valence-electron chi connectivity index (χ2n) is 6.05. The number of thiophene rings is 1. The fourth-order valence-electron chi connectivity index (χ4n) is 2.51. The van der Waals surface area contributed by atoms with Gasteiger partial charge < -0.3 is 5.32 Å². The van der Waals surface area contributed by atoms with E-state index < -0.39 is 0 Å². The Kier molecular flexibility index (Phi) is 4.82. The molecule has 0 amide bonds. The van der Waals surface area contributed by atoms with Crippen LogP contribution < -0.4 is 5.32 Å². The summed E-state index contributed by atoms with van der Waals surface area (Å²) in [5.41, 5.74) is 0. The van der Waals surface area contributed by atoms with Crippen molar-refractivity contribution >= 4 is 11.3 Å². The number of hydrogen-bond donors (Lipinski definition) is 1. The maximum atomic E-state index is 3.48. The van der Waals surface area contributed by atoms with Gasteiger partial charge in [0.15, 0.2) is 0 Å². The van der Waals surface area contributed by atoms with Gasteiger partial charge in [0.25, 0.3) is 0 Å². The van der Waals surface area contributed by atoms with Gasteiger partial charge in [0, 0.05) is 42.0 Å². The summed E-state index contributed by atoms with van der Waals surface area (Å²) in [6.45, 7) is 13.8. The Hall–Kier alpha value is -0.380. The van der Waals surface area contributed by atoms with E-state index in [1.807, 2.05) is 11.3 Å². The van der Waals surface area contributed by atoms with Crippen LogP contribution in [0.25, 0.3) is 0 Å². The summed E-state index contributed by atoms with van der Waals surface area (Å²) in [5, 5.41) is 3.48. The van der Waals surface area contributed by atoms with Crippen molar-refractivity contribution < 1.29 is 0 Å². The van der Waals surface area contributed by atoms with E-state index in [9.17, 15) is 0 Å². The summed E-state index contributed by atoms with van der Waals surface area (Å²) < 4.78 is 0. The molecule has 2 nitrogen and oxygen atoms in total. The van der Waals surface area contributed by atoms with Gasteiger partial charge in [-0.05, 0) is 24.0 Å². The molecule has 2 heterocycles. The third kappa shape index (κ3) is 3.81. The predicted octanol–water partition coefficient (Wildman–Crippen LogP) is 3.33. The SMILES string of the molecule is CC(C)NCc1ccc(CN2CC(C)C(C)C2)s1. The lowest BCUT2D eigenvalue weighted by Crippen LogP contribution is -2.21. The first-order valence-electron chi connectivity index (χ1n) is 7.08. The summed E-state index contributed by atoms with van der Waals surface area (Å²) in [6, 6.07) is 5.14. The van der Waals surface area contributed by atoms with Crippen LogP contribution in [0.5, 0.6) is 0 Å². The summed E-state index contributed by atoms with van der Waals surface area (Å²) in [7, 11) is 0. The highest BCUT2D eigenvalue weighted by Gasteiger charge is 2.25. The Labute approximate surface area is 115 Å². The molecule has 2 atom stereocenters. The second-order valence-corrected chi connectivity index (χ2v) is 7.31. The molecule has 2 unspecified atom stereocenters. The van der Waals surface area contributed by atoms with Crippen molar-refractivity contribution in [1.82, 2.24) is 10.2 Å². The van der Waals surface area contributed by atoms with Crippen molar-refractivity contribution in [2.24, 2.45) is 11.8 Å². The highest BCUT2D eigenvalue weighted by Crippen LogP contribution is 2.26. The Bertz CT molecular complexity index is 362. The van der Waals surface area contributed by atoms with Gasteiger partial charge >= 0.3 is 0 Å². The molecule has 1 aliphatic heterocycles. The van der Waals surface area contributed by atoms with Gasteiger partial charge in [-0.25, -0.2) is 0 Å². The number of rotatable bonds is 5. The van der Waals surface area contributed by atoms with Crippen LogP contribution in [-0.2, 0) is 13.1 Å². The molecule has 1 aliphatic rings. The minimum absolute atomic E-state index is 0.566. The molecule has 0 spiro atoms. The number of likely N-dealkylation sites (tertiary alicyclic amines) is 1. The van der Waals surface area contributed by atoms with E-state index in [0.717, 1.165) is 24.9 Å². The maximum absolute atomic E-state index is 3.48. The maximum Gasteiger partial charge on any atom is 0.0328 e. The van der Waals surface area contributed by atoms with Crippen molar-refractivity contribution in [1.29, 1.82) is 0 Å². The summed E-state index contributed by atoms with van der Waals surface area (Å²) in [4.78, 5) is 5.57. The quantitative estimate of drug-likeness (QED) is 0.879. The Balaban J connectivity index is 1.83. The van der Waals surface area contributed by atoms with E-state index in [1.165, 1.54) is 22.8 Å². The molecule has 1 N–H and O–H groups in total. The molecule has 0 aliphatic carbocycles. The molecule has 0 radical (unpaired) electrons. The van der Waals surface area contributed by atoms with Crippen molar-refractivity contribution in [2.45, 2.75) is 46.8 Å². The fraction of sp³-hybridized carbons (Fsp3) is 0.733. The molecule has 2 rings (SSSR count). The van der Waals surface area contributed by atoms with Crippen LogP contribution in [-0.4, -0.2) is 24.0 Å². The third-order valence-corrected chi connectivity index (χ3v) is 4.92. The molecular formula is C15H26N2S. The molecule has 0 saturated carbocycles. The normalized spacial score (nSPS) is 25.2. The Morgan fingerprint density at radius 3 is 2.44 bits per heavy atom. The van der Waals surface area contributed by atoms with E-state index in [1.54, 1.807) is 0 Å². The molecule has 3 heteroatoms. The smallest absolute Gasteiger partial charge is 0.0328 e. The summed E-state index contributed by atoms with van der Waals surface area (Å²) >= 11 is 1.96. The lowest BCUT2D eigenvalue weighted by molar-refractivity contribution is 0.319. The molecule has 18 heavy (non-hydrogen) atoms. The number of nitrogens with one attached hydrogen (secondary N) is 1. The zero-order chi connectivity index (χ0) is 13.1. The number of nitrogens with zero attached hydrogens (tertiary/aromatic N) is 1. The van der Waals surface area contributed by atoms with Crippen LogP contribution in [0.15, 0.2) is 12.1 Å². The van der Waals surface area contributed by atoms with E-state index in [0.29, 0.717) is 6.04 Å². The van der Waals surface area contributed by atoms with Crippen molar-refractivity contribution in [3.05, 3.63) is 21.9 Å². The number of hydrogen-bond acceptors (Lipinski definition) is 3. The van der Waals surface area contributed by atoms with Crippen LogP contribution in [0.3, 0.4) is 0 Å². The van der Waals surface area contributed by atoms with Gasteiger partial charge in [-0.1, -0.05) is 27.7 Å². The van der Waals surface area contributed by atoms with Gasteiger partial charge in [0.2, 0.25) is 0 Å². The van der Waals surface area contributed by atoms with Crippen molar-refractivity contribution in [3.63, 3.8) is 0 Å². The Morgan fingerprint density at radius 1 is 1.22 bits per heavy atom. The Morgan fingerprint density at radius 2 is 1.83 bits per heavy atom. The van der Waals surface area contributed by atoms with Crippen molar-refractivity contribution in [3.8, 4) is 0 Å². The molecule has 1 aromatic rings. The zero-order valence-corrected chi connectivity index (χ0v) is 12.9. The lowest BCUT2D eigenvalue weighted by Gasteiger charge is -2.13. The van der Waals surface area contributed by atoms with Crippen LogP contribution in [0.2, 0.25) is 0 Å². The highest BCUT2D eigenvalue weighted by atomic mass is 32.1. The largest absolute Gasteiger partial charge is 0.310 e. The van der Waals surface area contributed by atoms with E-state index in [-0.39, 0.29) is 0 Å². The van der Waals surface area contributed by atoms with Gasteiger partial charge in [0.05, 0.1) is 0 Å². The molecule has 1 saturated heterocycles. The molecule has 0 aromatic carbocycles. The minimum atomic E-state index is 0.566. The van der Waals surface area contributed by atoms with Gasteiger partial charge in [-0.2, -0.15) is 0 Å². The highest BCUT2D eigenvalue weighted by molar-refractivity contribution is 7.11. The van der Waals surface area contributed by atoms with Crippen LogP contribution >= 0.6 is 11.3 Å². The van der Waals surface area contributed by atoms with Crippen molar-refractivity contribution in [2.75, 3.05) is 13.1 Å². The third-order valence-electron chi connectivity index (χ3n) is 3.85. The van der Waals surface area contributed by atoms with E-state index >= 15 is 0 Å². The molecule has 0 bridgehead atoms. The molecule has 1 fully saturated rings. The van der Waals surface area contributed by atoms with Gasteiger partial charge in [-0.3, -0.25) is 4.90 Å². The van der Waals surface area contributed by atoms with Crippen LogP contribution in [0.1, 0.15) is 37.4 Å². The monoisotopic (exact) mass is 266 g/mol. The second kappa shape index (κ2) is 6.18. The van der Waals surface area contributed by atoms with Crippen LogP contribution in [0.4, 0.5) is 0 Å². The topological polar surface area (TPSA) is 15.3 Å². The zero-order valence-electron chi connectivity index (χ0n) is 12.1. The fourth-order valence-corrected chi connectivity index (χ4v) is 3.52. The predicted molar refractivity (Wildman–Crippen MR) is 79.9 cm³/mol. The van der Waals surface area contributed by atoms with E-state index in [2.05, 4.69) is 50.0 Å². The summed E-state index contributed by atoms with van der Waals surface area (Å²) in [5.74, 6) is 1.71. The minimum Gasteiger partial charge on any atom is -0.310 e. The first kappa shape index (κ1) is 14.0. The van der Waals surface area contributed by atoms with Gasteiger partial charge in [0.1, 0.15) is 0 Å². The lowest BCUT2D eigenvalue weighted by atomic mass is 10.0. The molecule has 102 valence electrons. The first-order chi connectivity index (χ1) is 8.54. The molecule has 1 aromatic heterocycles. The first-order valence-corrected chi connectivity index (χ1v) is 7.89. The summed E-state index contributed by atoms with van der Waals surface area (Å²) in [6.07, 6.45) is 0. The average Bonchev–Trinajstić information content (AvgIpc) is 2.85. The molecular weight excluding hydrogens is 240 g/mol. The standard InChI is InChI=1S/C15H26N2S/c1-11(2)16-7-14-5-6-15(18-14)10-17-8-12(3)13(4)9-17/h5-6,11-13,16H,7-10H2,1-4H3. The van der Waals surface area contributed by atoms with Crippen LogP contribution in [0, 0.1) is 11.8 Å². The van der Waals surface area contributed by atoms with Gasteiger partial charge in [-0.15, -0.1) is 11.3 Å².